The maximum Gasteiger partial charge on any atom is 0.329 e. The standard InChI is InChI=1S/C24H25N5O4/c1-16(30)26-18-6-4-7-19(15-18)29-23(32)20(27-24(29)33)9-10-22(31)25-12-14-28-13-11-17-5-2-3-8-21(17)28/h2-8,11,13,15,20H,9-10,12,14H2,1H3,(H,25,31)(H,26,30)(H,27,33)/t20-/m0/s1. The van der Waals surface area contributed by atoms with E-state index in [0.717, 1.165) is 15.8 Å². The summed E-state index contributed by atoms with van der Waals surface area (Å²) in [6.45, 7) is 2.48. The number of hydrogen-bond donors (Lipinski definition) is 3. The Bertz CT molecular complexity index is 1220. The summed E-state index contributed by atoms with van der Waals surface area (Å²) in [5, 5.41) is 9.27. The number of nitrogens with zero attached hydrogens (tertiary/aromatic N) is 2. The first-order valence-electron chi connectivity index (χ1n) is 10.7. The maximum atomic E-state index is 12.8. The summed E-state index contributed by atoms with van der Waals surface area (Å²) in [5.74, 6) is -0.857. The van der Waals surface area contributed by atoms with Crippen molar-refractivity contribution >= 4 is 46.0 Å². The molecule has 1 saturated heterocycles. The van der Waals surface area contributed by atoms with E-state index >= 15 is 0 Å². The van der Waals surface area contributed by atoms with Gasteiger partial charge in [0.1, 0.15) is 6.04 Å². The van der Waals surface area contributed by atoms with Gasteiger partial charge < -0.3 is 20.5 Å². The van der Waals surface area contributed by atoms with Crippen molar-refractivity contribution in [1.82, 2.24) is 15.2 Å². The summed E-state index contributed by atoms with van der Waals surface area (Å²) in [4.78, 5) is 49.7. The van der Waals surface area contributed by atoms with Crippen molar-refractivity contribution in [1.29, 1.82) is 0 Å². The predicted molar refractivity (Wildman–Crippen MR) is 125 cm³/mol. The molecule has 5 amide bonds. The van der Waals surface area contributed by atoms with Crippen LogP contribution in [0.4, 0.5) is 16.2 Å². The molecule has 9 nitrogen and oxygen atoms in total. The number of rotatable bonds is 8. The molecule has 3 N–H and O–H groups in total. The number of aromatic nitrogens is 1. The number of amides is 5. The smallest absolute Gasteiger partial charge is 0.329 e. The van der Waals surface area contributed by atoms with Crippen molar-refractivity contribution < 1.29 is 19.2 Å². The Morgan fingerprint density at radius 2 is 1.88 bits per heavy atom. The third kappa shape index (κ3) is 5.03. The van der Waals surface area contributed by atoms with Gasteiger partial charge in [-0.2, -0.15) is 0 Å². The average molecular weight is 447 g/mol. The van der Waals surface area contributed by atoms with E-state index in [4.69, 9.17) is 0 Å². The van der Waals surface area contributed by atoms with Crippen LogP contribution in [0.3, 0.4) is 0 Å². The summed E-state index contributed by atoms with van der Waals surface area (Å²) in [7, 11) is 0. The minimum Gasteiger partial charge on any atom is -0.354 e. The molecule has 33 heavy (non-hydrogen) atoms. The lowest BCUT2D eigenvalue weighted by Crippen LogP contribution is -2.33. The van der Waals surface area contributed by atoms with Gasteiger partial charge in [-0.05, 0) is 42.1 Å². The molecule has 2 heterocycles. The van der Waals surface area contributed by atoms with E-state index in [1.165, 1.54) is 6.92 Å². The van der Waals surface area contributed by atoms with Gasteiger partial charge in [-0.3, -0.25) is 14.4 Å². The van der Waals surface area contributed by atoms with Crippen LogP contribution in [0, 0.1) is 0 Å². The van der Waals surface area contributed by atoms with E-state index in [-0.39, 0.29) is 24.7 Å². The van der Waals surface area contributed by atoms with Crippen molar-refractivity contribution in [2.45, 2.75) is 32.4 Å². The van der Waals surface area contributed by atoms with Crippen LogP contribution in [0.5, 0.6) is 0 Å². The molecule has 170 valence electrons. The van der Waals surface area contributed by atoms with Gasteiger partial charge >= 0.3 is 6.03 Å². The Morgan fingerprint density at radius 3 is 2.70 bits per heavy atom. The number of nitrogens with one attached hydrogen (secondary N) is 3. The van der Waals surface area contributed by atoms with Crippen molar-refractivity contribution in [3.63, 3.8) is 0 Å². The second kappa shape index (κ2) is 9.56. The van der Waals surface area contributed by atoms with Gasteiger partial charge in [0, 0.05) is 43.8 Å². The van der Waals surface area contributed by atoms with Crippen LogP contribution in [0.1, 0.15) is 19.8 Å². The van der Waals surface area contributed by atoms with Crippen LogP contribution in [0.15, 0.2) is 60.8 Å². The number of carbonyl (C=O) groups is 4. The van der Waals surface area contributed by atoms with Gasteiger partial charge in [-0.25, -0.2) is 9.69 Å². The molecule has 1 aliphatic rings. The minimum absolute atomic E-state index is 0.114. The lowest BCUT2D eigenvalue weighted by molar-refractivity contribution is -0.122. The molecule has 3 aromatic rings. The number of imide groups is 1. The number of carbonyl (C=O) groups excluding carboxylic acids is 4. The molecule has 2 aromatic carbocycles. The summed E-state index contributed by atoms with van der Waals surface area (Å²) >= 11 is 0. The first-order valence-corrected chi connectivity index (χ1v) is 10.7. The highest BCUT2D eigenvalue weighted by atomic mass is 16.2. The average Bonchev–Trinajstić information content (AvgIpc) is 3.32. The molecule has 0 saturated carbocycles. The zero-order chi connectivity index (χ0) is 23.4. The second-order valence-electron chi connectivity index (χ2n) is 7.86. The highest BCUT2D eigenvalue weighted by Crippen LogP contribution is 2.24. The van der Waals surface area contributed by atoms with Crippen LogP contribution in [0.25, 0.3) is 10.9 Å². The van der Waals surface area contributed by atoms with E-state index in [0.29, 0.717) is 24.5 Å². The Balaban J connectivity index is 1.28. The Kier molecular flexibility index (Phi) is 6.39. The van der Waals surface area contributed by atoms with Crippen LogP contribution < -0.4 is 20.9 Å². The largest absolute Gasteiger partial charge is 0.354 e. The number of hydrogen-bond acceptors (Lipinski definition) is 4. The molecule has 4 rings (SSSR count). The molecule has 0 bridgehead atoms. The van der Waals surface area contributed by atoms with Gasteiger partial charge in [-0.1, -0.05) is 24.3 Å². The van der Waals surface area contributed by atoms with E-state index in [2.05, 4.69) is 20.5 Å². The van der Waals surface area contributed by atoms with Gasteiger partial charge in [-0.15, -0.1) is 0 Å². The fraction of sp³-hybridized carbons (Fsp3) is 0.250. The van der Waals surface area contributed by atoms with Gasteiger partial charge in [0.25, 0.3) is 5.91 Å². The quantitative estimate of drug-likeness (QED) is 0.461. The van der Waals surface area contributed by atoms with Crippen molar-refractivity contribution in [3.05, 3.63) is 60.8 Å². The van der Waals surface area contributed by atoms with Crippen molar-refractivity contribution in [2.24, 2.45) is 0 Å². The summed E-state index contributed by atoms with van der Waals surface area (Å²) in [5.41, 5.74) is 1.95. The minimum atomic E-state index is -0.777. The maximum absolute atomic E-state index is 12.8. The highest BCUT2D eigenvalue weighted by molar-refractivity contribution is 6.21. The molecule has 1 atom stereocenters. The van der Waals surface area contributed by atoms with E-state index < -0.39 is 18.0 Å². The molecular formula is C24H25N5O4. The lowest BCUT2D eigenvalue weighted by atomic mass is 10.1. The number of para-hydroxylation sites is 1. The number of urea groups is 1. The molecule has 1 aromatic heterocycles. The van der Waals surface area contributed by atoms with Crippen LogP contribution in [-0.2, 0) is 20.9 Å². The molecule has 0 radical (unpaired) electrons. The van der Waals surface area contributed by atoms with Crippen LogP contribution >= 0.6 is 0 Å². The first-order chi connectivity index (χ1) is 15.9. The summed E-state index contributed by atoms with van der Waals surface area (Å²) in [6.07, 6.45) is 2.30. The first kappa shape index (κ1) is 22.1. The Hall–Kier alpha value is -4.14. The lowest BCUT2D eigenvalue weighted by Gasteiger charge is -2.14. The van der Waals surface area contributed by atoms with Crippen LogP contribution in [0.2, 0.25) is 0 Å². The number of anilines is 2. The molecule has 9 heteroatoms. The Morgan fingerprint density at radius 1 is 1.06 bits per heavy atom. The topological polar surface area (TPSA) is 113 Å². The monoisotopic (exact) mass is 447 g/mol. The molecule has 1 fully saturated rings. The zero-order valence-corrected chi connectivity index (χ0v) is 18.2. The third-order valence-electron chi connectivity index (χ3n) is 5.46. The SMILES string of the molecule is CC(=O)Nc1cccc(N2C(=O)N[C@@H](CCC(=O)NCCn3ccc4ccccc43)C2=O)c1. The highest BCUT2D eigenvalue weighted by Gasteiger charge is 2.39. The Labute approximate surface area is 190 Å². The fourth-order valence-electron chi connectivity index (χ4n) is 3.91. The van der Waals surface area contributed by atoms with Gasteiger partial charge in [0.2, 0.25) is 11.8 Å². The fourth-order valence-corrected chi connectivity index (χ4v) is 3.91. The summed E-state index contributed by atoms with van der Waals surface area (Å²) < 4.78 is 2.07. The molecule has 1 aliphatic heterocycles. The summed E-state index contributed by atoms with van der Waals surface area (Å²) in [6, 6.07) is 15.2. The van der Waals surface area contributed by atoms with Gasteiger partial charge in [0.15, 0.2) is 0 Å². The number of fused-ring (bicyclic) bond motifs is 1. The molecule has 0 unspecified atom stereocenters. The number of benzene rings is 2. The van der Waals surface area contributed by atoms with Crippen molar-refractivity contribution in [2.75, 3.05) is 16.8 Å². The molecular weight excluding hydrogens is 422 g/mol. The molecule has 0 aliphatic carbocycles. The molecule has 0 spiro atoms. The van der Waals surface area contributed by atoms with Crippen LogP contribution in [-0.4, -0.2) is 40.9 Å². The van der Waals surface area contributed by atoms with E-state index in [9.17, 15) is 19.2 Å². The van der Waals surface area contributed by atoms with E-state index in [1.54, 1.807) is 24.3 Å². The van der Waals surface area contributed by atoms with E-state index in [1.807, 2.05) is 36.5 Å². The normalized spacial score (nSPS) is 15.5. The van der Waals surface area contributed by atoms with Crippen molar-refractivity contribution in [3.8, 4) is 0 Å². The zero-order valence-electron chi connectivity index (χ0n) is 18.2. The predicted octanol–water partition coefficient (Wildman–Crippen LogP) is 2.62. The second-order valence-corrected chi connectivity index (χ2v) is 7.86. The van der Waals surface area contributed by atoms with Gasteiger partial charge in [0.05, 0.1) is 5.69 Å². The third-order valence-corrected chi connectivity index (χ3v) is 5.46.